The largest absolute Gasteiger partial charge is 0.612 e. The quantitative estimate of drug-likeness (QED) is 0.326. The standard InChI is InChI=1S/C20H31NO7S2/c1-5-27-20(15-24-3,28-6-2)30(23)14-18(22)21-11-12-29-19(21)13-26-17-10-8-7-9-16(17)25-4/h7-10,19H,5-6,11-15H2,1-4H3. The highest BCUT2D eigenvalue weighted by atomic mass is 32.2. The van der Waals surface area contributed by atoms with Crippen molar-refractivity contribution in [3.05, 3.63) is 24.3 Å². The second-order valence-electron chi connectivity index (χ2n) is 6.35. The molecular weight excluding hydrogens is 430 g/mol. The van der Waals surface area contributed by atoms with Crippen LogP contribution >= 0.6 is 11.8 Å². The van der Waals surface area contributed by atoms with Gasteiger partial charge in [0.1, 0.15) is 12.0 Å². The lowest BCUT2D eigenvalue weighted by Gasteiger charge is -2.34. The van der Waals surface area contributed by atoms with Crippen molar-refractivity contribution in [2.75, 3.05) is 58.7 Å². The van der Waals surface area contributed by atoms with Crippen molar-refractivity contribution < 1.29 is 33.0 Å². The second-order valence-corrected chi connectivity index (χ2v) is 9.23. The molecule has 0 spiro atoms. The molecule has 8 nitrogen and oxygen atoms in total. The Morgan fingerprint density at radius 1 is 1.23 bits per heavy atom. The molecule has 1 aliphatic heterocycles. The maximum atomic E-state index is 13.1. The van der Waals surface area contributed by atoms with E-state index >= 15 is 0 Å². The summed E-state index contributed by atoms with van der Waals surface area (Å²) < 4.78 is 40.7. The third-order valence-electron chi connectivity index (χ3n) is 4.41. The van der Waals surface area contributed by atoms with Crippen LogP contribution in [0.1, 0.15) is 13.8 Å². The Hall–Kier alpha value is -1.17. The van der Waals surface area contributed by atoms with Gasteiger partial charge in [-0.3, -0.25) is 4.79 Å². The molecule has 1 aromatic carbocycles. The highest BCUT2D eigenvalue weighted by molar-refractivity contribution is 8.00. The van der Waals surface area contributed by atoms with Gasteiger partial charge in [0.05, 0.1) is 20.3 Å². The van der Waals surface area contributed by atoms with Crippen molar-refractivity contribution in [1.29, 1.82) is 0 Å². The summed E-state index contributed by atoms with van der Waals surface area (Å²) in [6.07, 6.45) is 0. The van der Waals surface area contributed by atoms with E-state index in [1.54, 1.807) is 37.6 Å². The van der Waals surface area contributed by atoms with E-state index < -0.39 is 16.3 Å². The molecule has 1 fully saturated rings. The monoisotopic (exact) mass is 461 g/mol. The molecule has 0 aliphatic carbocycles. The summed E-state index contributed by atoms with van der Waals surface area (Å²) in [4.78, 5) is 14.6. The Balaban J connectivity index is 2.01. The Kier molecular flexibility index (Phi) is 10.6. The number of carbonyl (C=O) groups excluding carboxylic acids is 1. The average molecular weight is 462 g/mol. The first-order valence-corrected chi connectivity index (χ1v) is 12.2. The summed E-state index contributed by atoms with van der Waals surface area (Å²) in [6.45, 7) is 5.00. The molecule has 2 atom stereocenters. The topological polar surface area (TPSA) is 89.5 Å². The minimum absolute atomic E-state index is 0.0241. The van der Waals surface area contributed by atoms with Crippen LogP contribution in [0.3, 0.4) is 0 Å². The number of amides is 1. The van der Waals surface area contributed by atoms with E-state index in [1.807, 2.05) is 24.3 Å². The Morgan fingerprint density at radius 2 is 1.90 bits per heavy atom. The zero-order valence-corrected chi connectivity index (χ0v) is 19.6. The van der Waals surface area contributed by atoms with Gasteiger partial charge >= 0.3 is 5.12 Å². The lowest BCUT2D eigenvalue weighted by molar-refractivity contribution is -0.196. The van der Waals surface area contributed by atoms with E-state index in [9.17, 15) is 9.35 Å². The van der Waals surface area contributed by atoms with E-state index in [-0.39, 0.29) is 36.9 Å². The molecular formula is C20H31NO7S2. The first-order valence-electron chi connectivity index (χ1n) is 9.83. The number of hydrogen-bond donors (Lipinski definition) is 0. The molecule has 0 N–H and O–H groups in total. The van der Waals surface area contributed by atoms with E-state index in [4.69, 9.17) is 23.7 Å². The lowest BCUT2D eigenvalue weighted by atomic mass is 10.3. The molecule has 2 rings (SSSR count). The fraction of sp³-hybridized carbons (Fsp3) is 0.650. The van der Waals surface area contributed by atoms with Crippen LogP contribution < -0.4 is 9.47 Å². The smallest absolute Gasteiger partial charge is 0.362 e. The third kappa shape index (κ3) is 6.41. The van der Waals surface area contributed by atoms with Gasteiger partial charge in [0, 0.05) is 30.6 Å². The van der Waals surface area contributed by atoms with Crippen LogP contribution in [0.2, 0.25) is 0 Å². The molecule has 0 aromatic heterocycles. The number of ether oxygens (including phenoxy) is 5. The lowest BCUT2D eigenvalue weighted by Crippen LogP contribution is -2.52. The van der Waals surface area contributed by atoms with Gasteiger partial charge in [-0.15, -0.1) is 11.8 Å². The average Bonchev–Trinajstić information content (AvgIpc) is 3.21. The van der Waals surface area contributed by atoms with Gasteiger partial charge in [-0.2, -0.15) is 0 Å². The second kappa shape index (κ2) is 12.6. The number of carbonyl (C=O) groups is 1. The molecule has 1 aromatic rings. The number of nitrogens with zero attached hydrogens (tertiary/aromatic N) is 1. The fourth-order valence-corrected chi connectivity index (χ4v) is 5.59. The van der Waals surface area contributed by atoms with E-state index in [0.717, 1.165) is 5.75 Å². The van der Waals surface area contributed by atoms with E-state index in [1.165, 1.54) is 7.11 Å². The Morgan fingerprint density at radius 3 is 2.50 bits per heavy atom. The molecule has 30 heavy (non-hydrogen) atoms. The van der Waals surface area contributed by atoms with Crippen molar-refractivity contribution in [1.82, 2.24) is 4.90 Å². The minimum atomic E-state index is -1.73. The van der Waals surface area contributed by atoms with Crippen molar-refractivity contribution in [3.8, 4) is 11.5 Å². The predicted octanol–water partition coefficient (Wildman–Crippen LogP) is 2.10. The van der Waals surface area contributed by atoms with Crippen LogP contribution in [0, 0.1) is 0 Å². The Bertz CT molecular complexity index is 647. The van der Waals surface area contributed by atoms with Gasteiger partial charge < -0.3 is 33.1 Å². The number of methoxy groups -OCH3 is 2. The predicted molar refractivity (Wildman–Crippen MR) is 117 cm³/mol. The summed E-state index contributed by atoms with van der Waals surface area (Å²) in [5, 5.41) is -1.63. The summed E-state index contributed by atoms with van der Waals surface area (Å²) in [6, 6.07) is 7.37. The zero-order valence-electron chi connectivity index (χ0n) is 18.0. The number of hydrogen-bond acceptors (Lipinski definition) is 8. The Labute approximate surface area is 185 Å². The van der Waals surface area contributed by atoms with Gasteiger partial charge in [-0.05, 0) is 26.0 Å². The molecule has 1 amide bonds. The molecule has 1 saturated heterocycles. The maximum absolute atomic E-state index is 13.1. The van der Waals surface area contributed by atoms with Crippen molar-refractivity contribution >= 4 is 28.8 Å². The first kappa shape index (κ1) is 25.1. The first-order chi connectivity index (χ1) is 14.5. The van der Waals surface area contributed by atoms with E-state index in [0.29, 0.717) is 24.7 Å². The number of thioether (sulfide) groups is 1. The number of benzene rings is 1. The van der Waals surface area contributed by atoms with Crippen LogP contribution in [-0.4, -0.2) is 84.6 Å². The van der Waals surface area contributed by atoms with E-state index in [2.05, 4.69) is 0 Å². The van der Waals surface area contributed by atoms with Gasteiger partial charge in [-0.25, -0.2) is 0 Å². The van der Waals surface area contributed by atoms with Crippen LogP contribution in [0.5, 0.6) is 11.5 Å². The fourth-order valence-electron chi connectivity index (χ4n) is 3.09. The molecule has 1 aliphatic rings. The molecule has 1 heterocycles. The van der Waals surface area contributed by atoms with Crippen molar-refractivity contribution in [2.45, 2.75) is 24.3 Å². The zero-order chi connectivity index (χ0) is 22.0. The molecule has 0 bridgehead atoms. The maximum Gasteiger partial charge on any atom is 0.362 e. The minimum Gasteiger partial charge on any atom is -0.612 e. The molecule has 2 unspecified atom stereocenters. The normalized spacial score (nSPS) is 17.8. The summed E-state index contributed by atoms with van der Waals surface area (Å²) >= 11 is -0.103. The molecule has 0 saturated carbocycles. The number of rotatable bonds is 13. The van der Waals surface area contributed by atoms with Gasteiger partial charge in [0.15, 0.2) is 23.9 Å². The molecule has 0 radical (unpaired) electrons. The SMILES string of the molecule is CCOC(COC)(OCC)[S+]([O-])CC(=O)N1CCSC1COc1ccccc1OC. The molecule has 170 valence electrons. The summed E-state index contributed by atoms with van der Waals surface area (Å²) in [5.74, 6) is 1.60. The number of para-hydroxylation sites is 2. The highest BCUT2D eigenvalue weighted by Crippen LogP contribution is 2.30. The van der Waals surface area contributed by atoms with Crippen LogP contribution in [-0.2, 0) is 30.2 Å². The summed E-state index contributed by atoms with van der Waals surface area (Å²) in [5.41, 5.74) is 0. The van der Waals surface area contributed by atoms with Crippen LogP contribution in [0.25, 0.3) is 0 Å². The van der Waals surface area contributed by atoms with Crippen molar-refractivity contribution in [2.24, 2.45) is 0 Å². The van der Waals surface area contributed by atoms with Gasteiger partial charge in [-0.1, -0.05) is 12.1 Å². The summed E-state index contributed by atoms with van der Waals surface area (Å²) in [7, 11) is 3.06. The highest BCUT2D eigenvalue weighted by Gasteiger charge is 2.47. The van der Waals surface area contributed by atoms with Crippen LogP contribution in [0.4, 0.5) is 0 Å². The van der Waals surface area contributed by atoms with Gasteiger partial charge in [0.25, 0.3) is 5.91 Å². The van der Waals surface area contributed by atoms with Crippen molar-refractivity contribution in [3.63, 3.8) is 0 Å². The van der Waals surface area contributed by atoms with Crippen LogP contribution in [0.15, 0.2) is 24.3 Å². The molecule has 10 heteroatoms. The third-order valence-corrected chi connectivity index (χ3v) is 7.16. The van der Waals surface area contributed by atoms with Gasteiger partial charge in [0.2, 0.25) is 0 Å².